The fraction of sp³-hybridized carbons (Fsp3) is 0.568. The summed E-state index contributed by atoms with van der Waals surface area (Å²) in [6.45, 7) is 6.63. The van der Waals surface area contributed by atoms with Gasteiger partial charge in [0.15, 0.2) is 0 Å². The van der Waals surface area contributed by atoms with Gasteiger partial charge >= 0.3 is 16.2 Å². The molecule has 6 rings (SSSR count). The topological polar surface area (TPSA) is 122 Å². The number of nitrogens with zero attached hydrogens (tertiary/aromatic N) is 3. The van der Waals surface area contributed by atoms with E-state index in [1.165, 1.54) is 26.1 Å². The largest absolute Gasteiger partial charge is 0.497 e. The molecule has 3 amide bonds. The van der Waals surface area contributed by atoms with Gasteiger partial charge in [0.05, 0.1) is 18.8 Å². The van der Waals surface area contributed by atoms with Crippen molar-refractivity contribution in [1.82, 2.24) is 23.8 Å². The average molecular weight is 696 g/mol. The molecule has 12 heteroatoms. The van der Waals surface area contributed by atoms with Crippen LogP contribution in [0.25, 0.3) is 22.2 Å². The van der Waals surface area contributed by atoms with Gasteiger partial charge in [-0.05, 0) is 85.4 Å². The Labute approximate surface area is 291 Å². The first-order chi connectivity index (χ1) is 23.6. The van der Waals surface area contributed by atoms with E-state index in [0.29, 0.717) is 31.3 Å². The maximum absolute atomic E-state index is 13.6. The Balaban J connectivity index is 0.00000230. The third-order valence-electron chi connectivity index (χ3n) is 10.1. The van der Waals surface area contributed by atoms with Gasteiger partial charge in [-0.1, -0.05) is 39.2 Å². The molecule has 1 saturated carbocycles. The predicted octanol–water partition coefficient (Wildman–Crippen LogP) is 5.92. The molecule has 2 fully saturated rings. The van der Waals surface area contributed by atoms with Gasteiger partial charge in [0.1, 0.15) is 5.75 Å². The summed E-state index contributed by atoms with van der Waals surface area (Å²) < 4.78 is 41.6. The Bertz CT molecular complexity index is 1740. The number of urea groups is 1. The van der Waals surface area contributed by atoms with E-state index in [2.05, 4.69) is 26.7 Å². The van der Waals surface area contributed by atoms with Gasteiger partial charge < -0.3 is 24.3 Å². The van der Waals surface area contributed by atoms with E-state index in [-0.39, 0.29) is 17.6 Å². The molecule has 2 aromatic carbocycles. The zero-order valence-electron chi connectivity index (χ0n) is 29.9. The summed E-state index contributed by atoms with van der Waals surface area (Å²) >= 11 is 0. The van der Waals surface area contributed by atoms with E-state index in [4.69, 9.17) is 9.47 Å². The second kappa shape index (κ2) is 15.9. The van der Waals surface area contributed by atoms with Crippen LogP contribution in [0.15, 0.2) is 36.4 Å². The maximum atomic E-state index is 13.6. The number of carbonyl (C=O) groups excluding carboxylic acids is 2. The lowest BCUT2D eigenvalue weighted by atomic mass is 9.81. The van der Waals surface area contributed by atoms with Gasteiger partial charge in [0, 0.05) is 69.5 Å². The third kappa shape index (κ3) is 8.07. The summed E-state index contributed by atoms with van der Waals surface area (Å²) in [7, 11) is 2.31. The van der Waals surface area contributed by atoms with Crippen molar-refractivity contribution in [2.45, 2.75) is 83.7 Å². The normalized spacial score (nSPS) is 18.5. The van der Waals surface area contributed by atoms with Crippen molar-refractivity contribution >= 4 is 33.1 Å². The van der Waals surface area contributed by atoms with Crippen molar-refractivity contribution < 1.29 is 27.5 Å². The monoisotopic (exact) mass is 695 g/mol. The highest BCUT2D eigenvalue weighted by atomic mass is 32.2. The molecule has 0 radical (unpaired) electrons. The molecule has 1 atom stereocenters. The summed E-state index contributed by atoms with van der Waals surface area (Å²) in [5, 5.41) is 4.39. The highest BCUT2D eigenvalue weighted by Gasteiger charge is 2.33. The van der Waals surface area contributed by atoms with Gasteiger partial charge in [-0.3, -0.25) is 4.79 Å². The molecule has 3 aromatic rings. The van der Waals surface area contributed by atoms with Crippen LogP contribution in [0.5, 0.6) is 5.75 Å². The molecular formula is C37H53N5O6S. The Kier molecular flexibility index (Phi) is 11.9. The summed E-state index contributed by atoms with van der Waals surface area (Å²) in [5.41, 5.74) is 5.67. The smallest absolute Gasteiger partial charge is 0.317 e. The number of ether oxygens (including phenoxy) is 2. The number of hydrogen-bond donors (Lipinski definition) is 2. The Hall–Kier alpha value is -3.61. The Morgan fingerprint density at radius 2 is 1.69 bits per heavy atom. The molecule has 268 valence electrons. The van der Waals surface area contributed by atoms with E-state index in [9.17, 15) is 18.0 Å². The predicted molar refractivity (Wildman–Crippen MR) is 193 cm³/mol. The lowest BCUT2D eigenvalue weighted by Gasteiger charge is -2.29. The van der Waals surface area contributed by atoms with E-state index in [1.807, 2.05) is 33.0 Å². The van der Waals surface area contributed by atoms with Gasteiger partial charge in [0.25, 0.3) is 5.91 Å². The number of methoxy groups -OCH3 is 1. The molecule has 3 aliphatic rings. The maximum Gasteiger partial charge on any atom is 0.317 e. The Morgan fingerprint density at radius 3 is 2.37 bits per heavy atom. The molecule has 2 N–H and O–H groups in total. The third-order valence-corrected chi connectivity index (χ3v) is 11.5. The van der Waals surface area contributed by atoms with Crippen molar-refractivity contribution in [3.63, 3.8) is 0 Å². The lowest BCUT2D eigenvalue weighted by Crippen LogP contribution is -2.47. The lowest BCUT2D eigenvalue weighted by molar-refractivity contribution is 0.0584. The van der Waals surface area contributed by atoms with Gasteiger partial charge in [0.2, 0.25) is 0 Å². The van der Waals surface area contributed by atoms with Crippen LogP contribution in [0.2, 0.25) is 0 Å². The number of nitrogens with one attached hydrogen (secondary N) is 2. The molecule has 1 unspecified atom stereocenters. The van der Waals surface area contributed by atoms with Crippen LogP contribution in [-0.2, 0) is 27.9 Å². The number of hydrogen-bond acceptors (Lipinski definition) is 6. The van der Waals surface area contributed by atoms with Crippen molar-refractivity contribution in [2.75, 3.05) is 48.0 Å². The van der Waals surface area contributed by atoms with E-state index in [1.54, 1.807) is 24.1 Å². The van der Waals surface area contributed by atoms with Crippen LogP contribution >= 0.6 is 0 Å². The molecular weight excluding hydrogens is 643 g/mol. The van der Waals surface area contributed by atoms with Crippen molar-refractivity contribution in [3.8, 4) is 17.0 Å². The number of benzene rings is 2. The van der Waals surface area contributed by atoms with Gasteiger partial charge in [-0.2, -0.15) is 12.7 Å². The average Bonchev–Trinajstić information content (AvgIpc) is 3.33. The first kappa shape index (κ1) is 36.7. The SMILES string of the molecule is CC.COc1ccc2c(c1)CC(NC(=O)N(C)CC1CCOCC1)Cn1c-2c(C2CCCCC2)c2ccc(C(=O)NS(=O)(=O)N(C)C)cc21. The zero-order valence-corrected chi connectivity index (χ0v) is 30.7. The number of aromatic nitrogens is 1. The van der Waals surface area contributed by atoms with Gasteiger partial charge in [-0.25, -0.2) is 9.52 Å². The second-order valence-corrected chi connectivity index (χ2v) is 15.4. The minimum Gasteiger partial charge on any atom is -0.497 e. The molecule has 1 saturated heterocycles. The molecule has 2 aliphatic heterocycles. The number of amides is 3. The van der Waals surface area contributed by atoms with Crippen LogP contribution in [-0.4, -0.2) is 88.2 Å². The molecule has 11 nitrogen and oxygen atoms in total. The van der Waals surface area contributed by atoms with Gasteiger partial charge in [-0.15, -0.1) is 0 Å². The fourth-order valence-electron chi connectivity index (χ4n) is 7.50. The summed E-state index contributed by atoms with van der Waals surface area (Å²) in [6, 6.07) is 11.3. The first-order valence-corrected chi connectivity index (χ1v) is 19.2. The van der Waals surface area contributed by atoms with Crippen LogP contribution in [0, 0.1) is 5.92 Å². The van der Waals surface area contributed by atoms with E-state index >= 15 is 0 Å². The molecule has 1 aromatic heterocycles. The number of fused-ring (bicyclic) bond motifs is 5. The first-order valence-electron chi connectivity index (χ1n) is 17.7. The van der Waals surface area contributed by atoms with Crippen molar-refractivity contribution in [1.29, 1.82) is 0 Å². The van der Waals surface area contributed by atoms with Crippen molar-refractivity contribution in [2.24, 2.45) is 5.92 Å². The molecule has 3 heterocycles. The quantitative estimate of drug-likeness (QED) is 0.302. The highest BCUT2D eigenvalue weighted by molar-refractivity contribution is 7.87. The van der Waals surface area contributed by atoms with Crippen LogP contribution in [0.4, 0.5) is 4.79 Å². The molecule has 0 bridgehead atoms. The number of carbonyl (C=O) groups is 2. The summed E-state index contributed by atoms with van der Waals surface area (Å²) in [5.74, 6) is 0.838. The standard InChI is InChI=1S/C35H47N5O6S.C2H6/c1-38(2)47(43,44)37-34(41)25-10-12-30-31(20-25)40-22-27(36-35(42)39(3)21-23-14-16-46-17-15-23)18-26-19-28(45-4)11-13-29(26)33(40)32(30)24-8-6-5-7-9-24;1-2/h10-13,19-20,23-24,27H,5-9,14-18,21-22H2,1-4H3,(H,36,42)(H,37,41);1-2H3. The van der Waals surface area contributed by atoms with Crippen LogP contribution < -0.4 is 14.8 Å². The second-order valence-electron chi connectivity index (χ2n) is 13.5. The molecule has 49 heavy (non-hydrogen) atoms. The van der Waals surface area contributed by atoms with Crippen molar-refractivity contribution in [3.05, 3.63) is 53.1 Å². The minimum atomic E-state index is -3.97. The summed E-state index contributed by atoms with van der Waals surface area (Å²) in [4.78, 5) is 28.7. The van der Waals surface area contributed by atoms with Crippen LogP contribution in [0.3, 0.4) is 0 Å². The Morgan fingerprint density at radius 1 is 0.980 bits per heavy atom. The van der Waals surface area contributed by atoms with Crippen LogP contribution in [0.1, 0.15) is 86.2 Å². The molecule has 1 aliphatic carbocycles. The fourth-order valence-corrected chi connectivity index (χ4v) is 8.03. The van der Waals surface area contributed by atoms with E-state index < -0.39 is 16.1 Å². The zero-order chi connectivity index (χ0) is 35.3. The van der Waals surface area contributed by atoms with E-state index in [0.717, 1.165) is 89.5 Å². The highest BCUT2D eigenvalue weighted by Crippen LogP contribution is 2.46. The molecule has 0 spiro atoms. The summed E-state index contributed by atoms with van der Waals surface area (Å²) in [6.07, 6.45) is 8.21. The number of rotatable bonds is 8. The minimum absolute atomic E-state index is 0.118.